The van der Waals surface area contributed by atoms with Crippen LogP contribution in [0.1, 0.15) is 58.1 Å². The molecule has 3 amide bonds. The number of fused-ring (bicyclic) bond motifs is 3. The van der Waals surface area contributed by atoms with Gasteiger partial charge in [-0.15, -0.1) is 11.3 Å². The molecule has 0 saturated heterocycles. The van der Waals surface area contributed by atoms with E-state index in [1.165, 1.54) is 4.90 Å². The molecule has 10 heteroatoms. The van der Waals surface area contributed by atoms with Gasteiger partial charge in [0.2, 0.25) is 0 Å². The predicted octanol–water partition coefficient (Wildman–Crippen LogP) is 4.40. The van der Waals surface area contributed by atoms with E-state index in [1.807, 2.05) is 0 Å². The van der Waals surface area contributed by atoms with Crippen LogP contribution >= 0.6 is 11.3 Å². The third kappa shape index (κ3) is 4.73. The number of pyridine rings is 1. The number of carbonyl (C=O) groups excluding carboxylic acids is 3. The summed E-state index contributed by atoms with van der Waals surface area (Å²) in [5.74, 6) is -0.296. The van der Waals surface area contributed by atoms with Gasteiger partial charge in [-0.05, 0) is 60.6 Å². The number of imide groups is 1. The number of nitrogens with two attached hydrogens (primary N) is 1. The van der Waals surface area contributed by atoms with Gasteiger partial charge in [-0.25, -0.2) is 19.5 Å². The van der Waals surface area contributed by atoms with Gasteiger partial charge in [-0.3, -0.25) is 9.69 Å². The molecular weight excluding hydrogens is 420 g/mol. The molecule has 0 aromatic carbocycles. The molecule has 3 rings (SSSR count). The van der Waals surface area contributed by atoms with Gasteiger partial charge in [0.25, 0.3) is 5.91 Å². The van der Waals surface area contributed by atoms with Crippen molar-refractivity contribution >= 4 is 51.2 Å². The minimum absolute atomic E-state index is 0.0230. The van der Waals surface area contributed by atoms with E-state index >= 15 is 0 Å². The van der Waals surface area contributed by atoms with E-state index in [-0.39, 0.29) is 17.2 Å². The number of hydrogen-bond acceptors (Lipinski definition) is 8. The molecule has 31 heavy (non-hydrogen) atoms. The highest BCUT2D eigenvalue weighted by atomic mass is 32.1. The lowest BCUT2D eigenvalue weighted by Crippen LogP contribution is -2.49. The Morgan fingerprint density at radius 3 is 2.26 bits per heavy atom. The number of amides is 3. The quantitative estimate of drug-likeness (QED) is 0.635. The first kappa shape index (κ1) is 22.8. The first-order chi connectivity index (χ1) is 14.2. The van der Waals surface area contributed by atoms with Gasteiger partial charge >= 0.3 is 12.2 Å². The van der Waals surface area contributed by atoms with E-state index in [0.717, 1.165) is 16.2 Å². The van der Waals surface area contributed by atoms with Crippen LogP contribution in [0.25, 0.3) is 10.2 Å². The van der Waals surface area contributed by atoms with Gasteiger partial charge in [0, 0.05) is 0 Å². The van der Waals surface area contributed by atoms with E-state index in [4.69, 9.17) is 15.2 Å². The summed E-state index contributed by atoms with van der Waals surface area (Å²) in [5, 5.41) is 0. The van der Waals surface area contributed by atoms with Crippen molar-refractivity contribution in [3.05, 3.63) is 17.0 Å². The lowest BCUT2D eigenvalue weighted by Gasteiger charge is -2.31. The summed E-state index contributed by atoms with van der Waals surface area (Å²) in [6.07, 6.45) is -1.41. The standard InChI is InChI=1S/C21H28N4O5S/c1-11-10-24(18(27)29-20(2,3)4)15-14-12(8-9-13(22)23-14)31-16(15)17(26)25(11)19(28)30-21(5,6)7/h8-9,11H,10H2,1-7H3,(H2,22,23)/t11-/m1/s1. The Morgan fingerprint density at radius 1 is 1.10 bits per heavy atom. The normalized spacial score (nSPS) is 17.4. The molecular formula is C21H28N4O5S. The molecule has 1 aliphatic rings. The molecule has 0 spiro atoms. The van der Waals surface area contributed by atoms with Crippen molar-refractivity contribution in [1.29, 1.82) is 0 Å². The Hall–Kier alpha value is -2.88. The van der Waals surface area contributed by atoms with Gasteiger partial charge in [0.05, 0.1) is 23.0 Å². The smallest absolute Gasteiger partial charge is 0.417 e. The number of nitrogens with zero attached hydrogens (tertiary/aromatic N) is 3. The Kier molecular flexibility index (Phi) is 5.64. The molecule has 2 N–H and O–H groups in total. The summed E-state index contributed by atoms with van der Waals surface area (Å²) in [6.45, 7) is 12.1. The second-order valence-electron chi connectivity index (χ2n) is 9.46. The molecule has 1 atom stereocenters. The molecule has 3 heterocycles. The van der Waals surface area contributed by atoms with Gasteiger partial charge < -0.3 is 15.2 Å². The summed E-state index contributed by atoms with van der Waals surface area (Å²) < 4.78 is 11.7. The van der Waals surface area contributed by atoms with Crippen molar-refractivity contribution in [2.75, 3.05) is 17.2 Å². The summed E-state index contributed by atoms with van der Waals surface area (Å²) in [4.78, 5) is 46.5. The van der Waals surface area contributed by atoms with Crippen LogP contribution in [0.2, 0.25) is 0 Å². The first-order valence-corrected chi connectivity index (χ1v) is 10.8. The van der Waals surface area contributed by atoms with Crippen molar-refractivity contribution in [3.63, 3.8) is 0 Å². The number of ether oxygens (including phenoxy) is 2. The zero-order chi connectivity index (χ0) is 23.3. The number of rotatable bonds is 0. The Labute approximate surface area is 185 Å². The largest absolute Gasteiger partial charge is 0.443 e. The summed E-state index contributed by atoms with van der Waals surface area (Å²) in [5.41, 5.74) is 5.05. The Balaban J connectivity index is 2.17. The van der Waals surface area contributed by atoms with Crippen LogP contribution < -0.4 is 10.6 Å². The molecule has 168 valence electrons. The van der Waals surface area contributed by atoms with Crippen LogP contribution in [-0.2, 0) is 9.47 Å². The van der Waals surface area contributed by atoms with E-state index in [1.54, 1.807) is 60.6 Å². The minimum Gasteiger partial charge on any atom is -0.443 e. The fraction of sp³-hybridized carbons (Fsp3) is 0.524. The fourth-order valence-electron chi connectivity index (χ4n) is 3.18. The summed E-state index contributed by atoms with van der Waals surface area (Å²) >= 11 is 1.14. The maximum absolute atomic E-state index is 13.5. The maximum atomic E-state index is 13.5. The average molecular weight is 449 g/mol. The van der Waals surface area contributed by atoms with Crippen LogP contribution in [0.3, 0.4) is 0 Å². The van der Waals surface area contributed by atoms with E-state index in [2.05, 4.69) is 4.98 Å². The van der Waals surface area contributed by atoms with Crippen LogP contribution in [0.5, 0.6) is 0 Å². The van der Waals surface area contributed by atoms with Gasteiger partial charge in [0.1, 0.15) is 27.4 Å². The van der Waals surface area contributed by atoms with Gasteiger partial charge in [-0.1, -0.05) is 0 Å². The fourth-order valence-corrected chi connectivity index (χ4v) is 4.26. The number of nitrogen functional groups attached to an aromatic ring is 1. The molecule has 9 nitrogen and oxygen atoms in total. The third-order valence-corrected chi connectivity index (χ3v) is 5.43. The van der Waals surface area contributed by atoms with Crippen molar-refractivity contribution in [3.8, 4) is 0 Å². The second kappa shape index (κ2) is 7.67. The van der Waals surface area contributed by atoms with Gasteiger partial charge in [0.15, 0.2) is 0 Å². The molecule has 0 aliphatic carbocycles. The van der Waals surface area contributed by atoms with Crippen LogP contribution in [0.4, 0.5) is 21.1 Å². The first-order valence-electron chi connectivity index (χ1n) is 9.94. The lowest BCUT2D eigenvalue weighted by molar-refractivity contribution is 0.0182. The molecule has 2 aromatic heterocycles. The van der Waals surface area contributed by atoms with Crippen molar-refractivity contribution in [2.24, 2.45) is 0 Å². The number of carbonyl (C=O) groups is 3. The maximum Gasteiger partial charge on any atom is 0.417 e. The van der Waals surface area contributed by atoms with Crippen LogP contribution in [-0.4, -0.2) is 51.8 Å². The van der Waals surface area contributed by atoms with Gasteiger partial charge in [-0.2, -0.15) is 0 Å². The molecule has 1 aliphatic heterocycles. The summed E-state index contributed by atoms with van der Waals surface area (Å²) in [7, 11) is 0. The topological polar surface area (TPSA) is 115 Å². The molecule has 0 saturated carbocycles. The number of anilines is 2. The van der Waals surface area contributed by atoms with Crippen molar-refractivity contribution in [2.45, 2.75) is 65.7 Å². The van der Waals surface area contributed by atoms with E-state index < -0.39 is 35.3 Å². The zero-order valence-electron chi connectivity index (χ0n) is 18.8. The number of thiophene rings is 1. The van der Waals surface area contributed by atoms with Crippen molar-refractivity contribution in [1.82, 2.24) is 9.88 Å². The third-order valence-electron chi connectivity index (χ3n) is 4.31. The van der Waals surface area contributed by atoms with Crippen LogP contribution in [0.15, 0.2) is 12.1 Å². The van der Waals surface area contributed by atoms with E-state index in [0.29, 0.717) is 15.9 Å². The monoisotopic (exact) mass is 448 g/mol. The Morgan fingerprint density at radius 2 is 1.68 bits per heavy atom. The molecule has 0 radical (unpaired) electrons. The SMILES string of the molecule is C[C@@H]1CN(C(=O)OC(C)(C)C)c2c(sc3ccc(N)nc23)C(=O)N1C(=O)OC(C)(C)C. The lowest BCUT2D eigenvalue weighted by atomic mass is 10.2. The highest BCUT2D eigenvalue weighted by molar-refractivity contribution is 7.21. The highest BCUT2D eigenvalue weighted by Crippen LogP contribution is 2.41. The number of aromatic nitrogens is 1. The average Bonchev–Trinajstić information content (AvgIpc) is 2.89. The molecule has 2 aromatic rings. The molecule has 0 fully saturated rings. The van der Waals surface area contributed by atoms with E-state index in [9.17, 15) is 14.4 Å². The summed E-state index contributed by atoms with van der Waals surface area (Å²) in [6, 6.07) is 2.69. The minimum atomic E-state index is -0.784. The molecule has 0 unspecified atom stereocenters. The second-order valence-corrected chi connectivity index (χ2v) is 10.5. The number of hydrogen-bond donors (Lipinski definition) is 1. The predicted molar refractivity (Wildman–Crippen MR) is 119 cm³/mol. The zero-order valence-corrected chi connectivity index (χ0v) is 19.6. The molecule has 0 bridgehead atoms. The van der Waals surface area contributed by atoms with Crippen molar-refractivity contribution < 1.29 is 23.9 Å². The van der Waals surface area contributed by atoms with Crippen LogP contribution in [0, 0.1) is 0 Å². The Bertz CT molecular complexity index is 1050. The highest BCUT2D eigenvalue weighted by Gasteiger charge is 2.42.